The van der Waals surface area contributed by atoms with Gasteiger partial charge < -0.3 is 9.05 Å². The predicted molar refractivity (Wildman–Crippen MR) is 52.0 cm³/mol. The third-order valence-corrected chi connectivity index (χ3v) is 6.65. The summed E-state index contributed by atoms with van der Waals surface area (Å²) in [7, 11) is 0. The van der Waals surface area contributed by atoms with Crippen molar-refractivity contribution in [1.29, 1.82) is 0 Å². The lowest BCUT2D eigenvalue weighted by molar-refractivity contribution is 0.156. The monoisotopic (exact) mass is 208 g/mol. The van der Waals surface area contributed by atoms with E-state index in [0.29, 0.717) is 13.2 Å². The van der Waals surface area contributed by atoms with Crippen LogP contribution in [0.2, 0.25) is 0 Å². The van der Waals surface area contributed by atoms with E-state index in [-0.39, 0.29) is 5.92 Å². The van der Waals surface area contributed by atoms with Crippen LogP contribution in [0, 0.1) is 18.3 Å². The van der Waals surface area contributed by atoms with Crippen LogP contribution in [0.3, 0.4) is 0 Å². The second-order valence-electron chi connectivity index (χ2n) is 2.08. The molecule has 1 rings (SSSR count). The Morgan fingerprint density at radius 2 is 2.18 bits per heavy atom. The van der Waals surface area contributed by atoms with Gasteiger partial charge in [-0.15, -0.1) is 6.42 Å². The van der Waals surface area contributed by atoms with Crippen molar-refractivity contribution >= 4 is 28.9 Å². The van der Waals surface area contributed by atoms with Crippen molar-refractivity contribution in [3.8, 4) is 12.3 Å². The summed E-state index contributed by atoms with van der Waals surface area (Å²) in [5.74, 6) is 2.66. The highest BCUT2D eigenvalue weighted by atomic mass is 32.9. The summed E-state index contributed by atoms with van der Waals surface area (Å²) in [6, 6.07) is 0. The Balaban J connectivity index is 2.49. The lowest BCUT2D eigenvalue weighted by atomic mass is 10.2. The van der Waals surface area contributed by atoms with E-state index in [2.05, 4.69) is 5.92 Å². The first kappa shape index (κ1) is 9.57. The van der Waals surface area contributed by atoms with Crippen molar-refractivity contribution in [3.05, 3.63) is 0 Å². The van der Waals surface area contributed by atoms with Gasteiger partial charge in [-0.1, -0.05) is 17.3 Å². The van der Waals surface area contributed by atoms with Gasteiger partial charge in [0, 0.05) is 0 Å². The zero-order chi connectivity index (χ0) is 8.32. The van der Waals surface area contributed by atoms with Crippen molar-refractivity contribution in [3.63, 3.8) is 0 Å². The van der Waals surface area contributed by atoms with Crippen LogP contribution in [0.4, 0.5) is 0 Å². The normalized spacial score (nSPS) is 38.0. The molecular weight excluding hydrogens is 199 g/mol. The van der Waals surface area contributed by atoms with Gasteiger partial charge in [0.2, 0.25) is 5.69 Å². The second kappa shape index (κ2) is 3.93. The Labute approximate surface area is 75.9 Å². The van der Waals surface area contributed by atoms with Gasteiger partial charge in [-0.2, -0.15) is 0 Å². The maximum Gasteiger partial charge on any atom is 0.247 e. The van der Waals surface area contributed by atoms with Gasteiger partial charge in [0.15, 0.2) is 0 Å². The fourth-order valence-electron chi connectivity index (χ4n) is 0.650. The molecule has 0 radical (unpaired) electrons. The largest absolute Gasteiger partial charge is 0.320 e. The van der Waals surface area contributed by atoms with Gasteiger partial charge in [-0.25, -0.2) is 0 Å². The number of hydrogen-bond acceptors (Lipinski definition) is 4. The van der Waals surface area contributed by atoms with E-state index in [1.54, 1.807) is 0 Å². The SMILES string of the molecule is C#CC1COP(=S)(SC)OC1. The number of rotatable bonds is 1. The van der Waals surface area contributed by atoms with E-state index in [1.165, 1.54) is 11.4 Å². The zero-order valence-corrected chi connectivity index (χ0v) is 8.68. The summed E-state index contributed by atoms with van der Waals surface area (Å²) in [4.78, 5) is 0. The van der Waals surface area contributed by atoms with E-state index in [1.807, 2.05) is 6.26 Å². The molecule has 0 saturated carbocycles. The molecule has 0 aromatic carbocycles. The smallest absolute Gasteiger partial charge is 0.247 e. The first-order chi connectivity index (χ1) is 5.20. The Kier molecular flexibility index (Phi) is 3.42. The molecule has 0 bridgehead atoms. The fraction of sp³-hybridized carbons (Fsp3) is 0.667. The third-order valence-electron chi connectivity index (χ3n) is 1.33. The van der Waals surface area contributed by atoms with Crippen LogP contribution in [-0.2, 0) is 20.9 Å². The van der Waals surface area contributed by atoms with Crippen LogP contribution in [0.25, 0.3) is 0 Å². The van der Waals surface area contributed by atoms with Gasteiger partial charge >= 0.3 is 0 Å². The minimum absolute atomic E-state index is 0.0817. The minimum atomic E-state index is -1.99. The molecule has 0 amide bonds. The van der Waals surface area contributed by atoms with E-state index in [0.717, 1.165) is 0 Å². The summed E-state index contributed by atoms with van der Waals surface area (Å²) in [6.07, 6.45) is 7.09. The summed E-state index contributed by atoms with van der Waals surface area (Å²) in [5.41, 5.74) is -1.99. The van der Waals surface area contributed by atoms with E-state index in [4.69, 9.17) is 27.3 Å². The summed E-state index contributed by atoms with van der Waals surface area (Å²) < 4.78 is 10.7. The molecule has 0 unspecified atom stereocenters. The highest BCUT2D eigenvalue weighted by Gasteiger charge is 2.26. The molecule has 1 aliphatic heterocycles. The molecular formula is C6H9O2PS2. The maximum absolute atomic E-state index is 5.34. The van der Waals surface area contributed by atoms with Crippen LogP contribution in [0.15, 0.2) is 0 Å². The lowest BCUT2D eigenvalue weighted by Crippen LogP contribution is -2.18. The molecule has 0 aromatic heterocycles. The van der Waals surface area contributed by atoms with Crippen LogP contribution in [-0.4, -0.2) is 19.5 Å². The Bertz CT molecular complexity index is 211. The molecule has 1 saturated heterocycles. The average molecular weight is 208 g/mol. The molecule has 11 heavy (non-hydrogen) atoms. The van der Waals surface area contributed by atoms with Crippen molar-refractivity contribution in [2.24, 2.45) is 5.92 Å². The topological polar surface area (TPSA) is 18.5 Å². The molecule has 0 N–H and O–H groups in total. The molecule has 62 valence electrons. The first-order valence-electron chi connectivity index (χ1n) is 3.11. The van der Waals surface area contributed by atoms with Crippen LogP contribution >= 0.6 is 17.1 Å². The van der Waals surface area contributed by atoms with Gasteiger partial charge in [-0.05, 0) is 18.1 Å². The van der Waals surface area contributed by atoms with Crippen molar-refractivity contribution in [2.75, 3.05) is 19.5 Å². The summed E-state index contributed by atoms with van der Waals surface area (Å²) in [5, 5.41) is 0. The van der Waals surface area contributed by atoms with E-state index in [9.17, 15) is 0 Å². The van der Waals surface area contributed by atoms with Crippen molar-refractivity contribution in [1.82, 2.24) is 0 Å². The van der Waals surface area contributed by atoms with Crippen LogP contribution in [0.1, 0.15) is 0 Å². The maximum atomic E-state index is 5.34. The lowest BCUT2D eigenvalue weighted by Gasteiger charge is -2.27. The Hall–Kier alpha value is 0.480. The third kappa shape index (κ3) is 2.47. The Morgan fingerprint density at radius 1 is 1.64 bits per heavy atom. The molecule has 2 nitrogen and oxygen atoms in total. The van der Waals surface area contributed by atoms with Gasteiger partial charge in [-0.3, -0.25) is 0 Å². The van der Waals surface area contributed by atoms with Gasteiger partial charge in [0.1, 0.15) is 0 Å². The highest BCUT2D eigenvalue weighted by Crippen LogP contribution is 2.61. The molecule has 0 atom stereocenters. The number of terminal acetylenes is 1. The predicted octanol–water partition coefficient (Wildman–Crippen LogP) is 1.87. The minimum Gasteiger partial charge on any atom is -0.320 e. The number of hydrogen-bond donors (Lipinski definition) is 0. The molecule has 0 aliphatic carbocycles. The molecule has 1 heterocycles. The molecule has 1 fully saturated rings. The van der Waals surface area contributed by atoms with Crippen LogP contribution in [0.5, 0.6) is 0 Å². The van der Waals surface area contributed by atoms with Crippen LogP contribution < -0.4 is 0 Å². The van der Waals surface area contributed by atoms with E-state index >= 15 is 0 Å². The zero-order valence-electron chi connectivity index (χ0n) is 6.15. The summed E-state index contributed by atoms with van der Waals surface area (Å²) >= 11 is 6.59. The van der Waals surface area contributed by atoms with Gasteiger partial charge in [0.05, 0.1) is 19.1 Å². The Morgan fingerprint density at radius 3 is 2.55 bits per heavy atom. The fourth-order valence-corrected chi connectivity index (χ4v) is 3.02. The average Bonchev–Trinajstić information content (AvgIpc) is 2.06. The summed E-state index contributed by atoms with van der Waals surface area (Å²) in [6.45, 7) is 1.10. The van der Waals surface area contributed by atoms with Crippen molar-refractivity contribution < 1.29 is 9.05 Å². The molecule has 1 aliphatic rings. The quantitative estimate of drug-likeness (QED) is 0.483. The van der Waals surface area contributed by atoms with Gasteiger partial charge in [0.25, 0.3) is 0 Å². The second-order valence-corrected chi connectivity index (χ2v) is 8.53. The first-order valence-corrected chi connectivity index (χ1v) is 7.58. The molecule has 0 spiro atoms. The highest BCUT2D eigenvalue weighted by molar-refractivity contribution is 8.67. The van der Waals surface area contributed by atoms with Crippen molar-refractivity contribution in [2.45, 2.75) is 0 Å². The molecule has 5 heteroatoms. The molecule has 0 aromatic rings. The standard InChI is InChI=1S/C6H9O2PS2/c1-3-6-4-7-9(10,11-2)8-5-6/h1,6H,4-5H2,2H3. The van der Waals surface area contributed by atoms with E-state index < -0.39 is 5.69 Å².